The van der Waals surface area contributed by atoms with Crippen LogP contribution in [0.25, 0.3) is 11.2 Å². The van der Waals surface area contributed by atoms with Gasteiger partial charge in [-0.3, -0.25) is 18.4 Å². The minimum absolute atomic E-state index is 0.0213. The molecule has 290 valence electrons. The molecule has 0 bridgehead atoms. The summed E-state index contributed by atoms with van der Waals surface area (Å²) in [5.74, 6) is -0.0661. The van der Waals surface area contributed by atoms with E-state index in [-0.39, 0.29) is 36.4 Å². The molecule has 1 aromatic carbocycles. The number of nitrogens with two attached hydrogens (primary N) is 1. The second-order valence-electron chi connectivity index (χ2n) is 13.1. The Morgan fingerprint density at radius 2 is 1.81 bits per heavy atom. The lowest BCUT2D eigenvalue weighted by Crippen LogP contribution is -2.44. The fourth-order valence-corrected chi connectivity index (χ4v) is 7.63. The third-order valence-electron chi connectivity index (χ3n) is 9.00. The molecule has 0 amide bonds. The number of aliphatic carboxylic acids is 1. The molecule has 3 heterocycles. The van der Waals surface area contributed by atoms with E-state index in [1.807, 2.05) is 0 Å². The summed E-state index contributed by atoms with van der Waals surface area (Å²) in [4.78, 5) is 36.6. The first-order valence-corrected chi connectivity index (χ1v) is 19.6. The molecule has 2 unspecified atom stereocenters. The number of aliphatic hydroxyl groups is 1. The molecule has 17 heteroatoms. The molecule has 5 N–H and O–H groups in total. The molecular formula is C36H50FN6O9P. The van der Waals surface area contributed by atoms with E-state index in [1.54, 1.807) is 30.3 Å². The first kappa shape index (κ1) is 41.8. The van der Waals surface area contributed by atoms with Crippen molar-refractivity contribution >= 4 is 36.7 Å². The third kappa shape index (κ3) is 11.8. The Morgan fingerprint density at radius 1 is 1.15 bits per heavy atom. The lowest BCUT2D eigenvalue weighted by atomic mass is 9.99. The van der Waals surface area contributed by atoms with E-state index >= 15 is 0 Å². The molecule has 53 heavy (non-hydrogen) atoms. The number of fused-ring (bicyclic) bond motifs is 1. The second kappa shape index (κ2) is 19.9. The predicted molar refractivity (Wildman–Crippen MR) is 194 cm³/mol. The molecule has 4 rings (SSSR count). The van der Waals surface area contributed by atoms with E-state index in [0.717, 1.165) is 19.3 Å². The zero-order valence-corrected chi connectivity index (χ0v) is 31.1. The minimum atomic E-state index is -4.74. The molecule has 0 aliphatic carbocycles. The largest absolute Gasteiger partial charge is 0.480 e. The van der Waals surface area contributed by atoms with Crippen LogP contribution in [0, 0.1) is 18.4 Å². The Balaban J connectivity index is 1.42. The van der Waals surface area contributed by atoms with Gasteiger partial charge in [-0.25, -0.2) is 19.4 Å². The number of unbranched alkanes of at least 4 members (excludes halogenated alkanes) is 9. The van der Waals surface area contributed by atoms with Crippen LogP contribution in [0.5, 0.6) is 0 Å². The molecule has 1 fully saturated rings. The number of carbonyl (C=O) groups excluding carboxylic acids is 1. The number of halogens is 1. The van der Waals surface area contributed by atoms with E-state index in [0.29, 0.717) is 12.0 Å². The number of nitrogens with one attached hydrogen (secondary N) is 1. The number of carboxylic acid groups (broad SMARTS) is 1. The lowest BCUT2D eigenvalue weighted by Gasteiger charge is -2.30. The summed E-state index contributed by atoms with van der Waals surface area (Å²) in [6, 6.07) is 7.09. The van der Waals surface area contributed by atoms with Gasteiger partial charge < -0.3 is 25.4 Å². The summed E-state index contributed by atoms with van der Waals surface area (Å²) >= 11 is 0. The lowest BCUT2D eigenvalue weighted by molar-refractivity contribution is -0.152. The van der Waals surface area contributed by atoms with Crippen molar-refractivity contribution in [1.29, 1.82) is 0 Å². The van der Waals surface area contributed by atoms with E-state index < -0.39 is 62.4 Å². The fourth-order valence-electron chi connectivity index (χ4n) is 5.98. The molecule has 3 aromatic rings. The number of nitrogen functional groups attached to an aromatic ring is 1. The zero-order chi connectivity index (χ0) is 38.4. The van der Waals surface area contributed by atoms with Crippen molar-refractivity contribution in [3.63, 3.8) is 0 Å². The predicted octanol–water partition coefficient (Wildman–Crippen LogP) is 5.48. The van der Waals surface area contributed by atoms with Crippen LogP contribution in [0.1, 0.15) is 96.3 Å². The molecule has 2 aromatic heterocycles. The SMILES string of the molecule is C#C[C@]1(CO[P@@](=O)(NC(Cc2ccccc2)C(=O)O)OC(C)C(=O)OCCCCCCCCCCCC)O[C@@H](n2cnc3c(N)nc(F)nc32)C[C@@H]1O. The summed E-state index contributed by atoms with van der Waals surface area (Å²) < 4.78 is 52.4. The van der Waals surface area contributed by atoms with Crippen molar-refractivity contribution in [3.05, 3.63) is 48.3 Å². The van der Waals surface area contributed by atoms with Gasteiger partial charge in [-0.15, -0.1) is 6.42 Å². The highest BCUT2D eigenvalue weighted by atomic mass is 31.2. The maximum absolute atomic E-state index is 14.4. The van der Waals surface area contributed by atoms with E-state index in [4.69, 9.17) is 30.7 Å². The van der Waals surface area contributed by atoms with Crippen molar-refractivity contribution in [2.24, 2.45) is 0 Å². The van der Waals surface area contributed by atoms with Crippen LogP contribution in [0.15, 0.2) is 36.7 Å². The number of hydrogen-bond donors (Lipinski definition) is 4. The smallest absolute Gasteiger partial charge is 0.407 e. The van der Waals surface area contributed by atoms with Gasteiger partial charge in [0.2, 0.25) is 0 Å². The quantitative estimate of drug-likeness (QED) is 0.0310. The summed E-state index contributed by atoms with van der Waals surface area (Å²) in [6.07, 6.45) is 12.8. The number of rotatable bonds is 23. The van der Waals surface area contributed by atoms with E-state index in [9.17, 15) is 28.8 Å². The molecule has 1 saturated heterocycles. The highest BCUT2D eigenvalue weighted by molar-refractivity contribution is 7.51. The van der Waals surface area contributed by atoms with Crippen molar-refractivity contribution in [2.75, 3.05) is 18.9 Å². The fraction of sp³-hybridized carbons (Fsp3) is 0.583. The summed E-state index contributed by atoms with van der Waals surface area (Å²) in [7, 11) is -4.74. The highest BCUT2D eigenvalue weighted by Crippen LogP contribution is 2.49. The van der Waals surface area contributed by atoms with Gasteiger partial charge in [-0.1, -0.05) is 101 Å². The number of ether oxygens (including phenoxy) is 2. The number of carboxylic acids is 1. The Hall–Kier alpha value is -3.97. The van der Waals surface area contributed by atoms with Gasteiger partial charge in [-0.05, 0) is 25.3 Å². The van der Waals surface area contributed by atoms with Crippen LogP contribution < -0.4 is 10.8 Å². The highest BCUT2D eigenvalue weighted by Gasteiger charge is 2.50. The molecular weight excluding hydrogens is 710 g/mol. The zero-order valence-electron chi connectivity index (χ0n) is 30.2. The molecule has 0 spiro atoms. The number of benzene rings is 1. The molecule has 1 aliphatic heterocycles. The first-order chi connectivity index (χ1) is 25.4. The van der Waals surface area contributed by atoms with E-state index in [2.05, 4.69) is 32.9 Å². The number of carbonyl (C=O) groups is 2. The number of terminal acetylenes is 1. The van der Waals surface area contributed by atoms with Crippen LogP contribution in [0.2, 0.25) is 0 Å². The topological polar surface area (TPSA) is 210 Å². The molecule has 0 saturated carbocycles. The third-order valence-corrected chi connectivity index (χ3v) is 10.7. The molecule has 0 radical (unpaired) electrons. The monoisotopic (exact) mass is 760 g/mol. The van der Waals surface area contributed by atoms with Crippen LogP contribution in [0.3, 0.4) is 0 Å². The maximum atomic E-state index is 14.4. The number of esters is 1. The van der Waals surface area contributed by atoms with Crippen molar-refractivity contribution in [3.8, 4) is 12.3 Å². The molecule has 1 aliphatic rings. The normalized spacial score (nSPS) is 20.8. The average molecular weight is 761 g/mol. The first-order valence-electron chi connectivity index (χ1n) is 18.0. The van der Waals surface area contributed by atoms with Crippen LogP contribution in [-0.2, 0) is 39.1 Å². The van der Waals surface area contributed by atoms with Crippen LogP contribution in [-0.4, -0.2) is 78.7 Å². The number of aliphatic hydroxyl groups excluding tert-OH is 1. The Labute approximate surface area is 308 Å². The van der Waals surface area contributed by atoms with Gasteiger partial charge in [0, 0.05) is 6.42 Å². The van der Waals surface area contributed by atoms with Gasteiger partial charge in [0.25, 0.3) is 0 Å². The summed E-state index contributed by atoms with van der Waals surface area (Å²) in [5.41, 5.74) is 4.49. The Kier molecular flexibility index (Phi) is 15.7. The van der Waals surface area contributed by atoms with Gasteiger partial charge in [-0.2, -0.15) is 14.4 Å². The van der Waals surface area contributed by atoms with Gasteiger partial charge in [0.05, 0.1) is 12.9 Å². The van der Waals surface area contributed by atoms with Gasteiger partial charge in [0.15, 0.2) is 28.7 Å². The minimum Gasteiger partial charge on any atom is -0.480 e. The van der Waals surface area contributed by atoms with Gasteiger partial charge in [0.1, 0.15) is 25.0 Å². The summed E-state index contributed by atoms with van der Waals surface area (Å²) in [6.45, 7) is 2.84. The van der Waals surface area contributed by atoms with Crippen molar-refractivity contribution in [1.82, 2.24) is 24.6 Å². The number of imidazole rings is 1. The standard InChI is InChI=1S/C36H50FN6O9P/c1-4-6-7-8-9-10-11-12-13-17-20-49-34(47)25(3)52-53(48,42-27(33(45)46)21-26-18-15-14-16-19-26)50-23-36(5-2)28(44)22-29(51-36)43-24-39-30-31(38)40-35(37)41-32(30)43/h2,14-16,18-19,24-25,27-29,44H,4,6-13,17,20-23H2,1,3H3,(H,42,48)(H,45,46)(H2,38,40,41)/t25?,27?,28-,29+,36+,53-/m0/s1. The number of nitrogens with zero attached hydrogens (tertiary/aromatic N) is 4. The second-order valence-corrected chi connectivity index (χ2v) is 14.9. The van der Waals surface area contributed by atoms with E-state index in [1.165, 1.54) is 56.3 Å². The molecule has 6 atom stereocenters. The number of anilines is 1. The Bertz CT molecular complexity index is 1740. The maximum Gasteiger partial charge on any atom is 0.407 e. The van der Waals surface area contributed by atoms with Crippen LogP contribution >= 0.6 is 7.75 Å². The van der Waals surface area contributed by atoms with Crippen LogP contribution in [0.4, 0.5) is 10.2 Å². The van der Waals surface area contributed by atoms with Gasteiger partial charge >= 0.3 is 25.8 Å². The molecule has 15 nitrogen and oxygen atoms in total. The average Bonchev–Trinajstić information content (AvgIpc) is 3.70. The Morgan fingerprint density at radius 3 is 2.45 bits per heavy atom. The van der Waals surface area contributed by atoms with Crippen molar-refractivity contribution < 1.29 is 47.3 Å². The number of aromatic nitrogens is 4. The number of hydrogen-bond acceptors (Lipinski definition) is 12. The summed E-state index contributed by atoms with van der Waals surface area (Å²) in [5, 5.41) is 23.6. The van der Waals surface area contributed by atoms with Crippen molar-refractivity contribution in [2.45, 2.75) is 121 Å².